The largest absolute Gasteiger partial charge is 0.493 e. The Morgan fingerprint density at radius 1 is 1.35 bits per heavy atom. The second-order valence-electron chi connectivity index (χ2n) is 5.00. The lowest BCUT2D eigenvalue weighted by Crippen LogP contribution is -2.48. The summed E-state index contributed by atoms with van der Waals surface area (Å²) in [5.74, 6) is 0.960. The van der Waals surface area contributed by atoms with Gasteiger partial charge in [-0.3, -0.25) is 4.79 Å². The normalized spacial score (nSPS) is 21.6. The monoisotopic (exact) mass is 298 g/mol. The average Bonchev–Trinajstić information content (AvgIpc) is 2.88. The van der Waals surface area contributed by atoms with E-state index in [9.17, 15) is 4.79 Å². The fourth-order valence-electron chi connectivity index (χ4n) is 2.30. The molecular formula is C14H19ClN2O3. The Balaban J connectivity index is 2.23. The third-order valence-corrected chi connectivity index (χ3v) is 3.90. The molecule has 2 rings (SSSR count). The lowest BCUT2D eigenvalue weighted by molar-refractivity contribution is -0.121. The van der Waals surface area contributed by atoms with Crippen molar-refractivity contribution in [3.05, 3.63) is 17.2 Å². The van der Waals surface area contributed by atoms with Crippen molar-refractivity contribution in [1.82, 2.24) is 5.32 Å². The third kappa shape index (κ3) is 2.83. The minimum Gasteiger partial charge on any atom is -0.493 e. The van der Waals surface area contributed by atoms with Crippen LogP contribution in [-0.2, 0) is 4.79 Å². The number of methoxy groups -OCH3 is 2. The molecule has 1 amide bonds. The third-order valence-electron chi connectivity index (χ3n) is 3.59. The van der Waals surface area contributed by atoms with Crippen LogP contribution in [0.5, 0.6) is 11.5 Å². The molecule has 1 aromatic carbocycles. The lowest BCUT2D eigenvalue weighted by Gasteiger charge is -2.23. The standard InChI is InChI=1S/C14H19ClN2O3/c1-14(5-4-6-16-14)13(18)17-10-8-12(20-3)11(19-2)7-9(10)15/h7-8,16H,4-6H2,1-3H3,(H,17,18). The van der Waals surface area contributed by atoms with Crippen molar-refractivity contribution >= 4 is 23.2 Å². The fourth-order valence-corrected chi connectivity index (χ4v) is 2.50. The number of hydrogen-bond donors (Lipinski definition) is 2. The number of carbonyl (C=O) groups is 1. The molecule has 2 N–H and O–H groups in total. The first-order chi connectivity index (χ1) is 9.50. The van der Waals surface area contributed by atoms with E-state index < -0.39 is 5.54 Å². The van der Waals surface area contributed by atoms with Crippen LogP contribution in [0.3, 0.4) is 0 Å². The molecule has 1 aliphatic heterocycles. The van der Waals surface area contributed by atoms with Gasteiger partial charge in [0.05, 0.1) is 30.5 Å². The second-order valence-corrected chi connectivity index (χ2v) is 5.41. The highest BCUT2D eigenvalue weighted by Gasteiger charge is 2.36. The van der Waals surface area contributed by atoms with Crippen molar-refractivity contribution in [1.29, 1.82) is 0 Å². The van der Waals surface area contributed by atoms with Crippen molar-refractivity contribution in [2.45, 2.75) is 25.3 Å². The van der Waals surface area contributed by atoms with Gasteiger partial charge >= 0.3 is 0 Å². The quantitative estimate of drug-likeness (QED) is 0.896. The minimum absolute atomic E-state index is 0.0934. The van der Waals surface area contributed by atoms with E-state index in [0.29, 0.717) is 22.2 Å². The maximum Gasteiger partial charge on any atom is 0.244 e. The van der Waals surface area contributed by atoms with Crippen LogP contribution < -0.4 is 20.1 Å². The SMILES string of the molecule is COc1cc(Cl)c(NC(=O)C2(C)CCCN2)cc1OC. The molecule has 0 aliphatic carbocycles. The van der Waals surface area contributed by atoms with E-state index in [-0.39, 0.29) is 5.91 Å². The van der Waals surface area contributed by atoms with Crippen molar-refractivity contribution in [2.24, 2.45) is 0 Å². The molecule has 1 saturated heterocycles. The number of rotatable bonds is 4. The number of nitrogens with one attached hydrogen (secondary N) is 2. The lowest BCUT2D eigenvalue weighted by atomic mass is 9.99. The summed E-state index contributed by atoms with van der Waals surface area (Å²) in [5.41, 5.74) is -0.0273. The maximum atomic E-state index is 12.3. The Hall–Kier alpha value is -1.46. The second kappa shape index (κ2) is 5.89. The van der Waals surface area contributed by atoms with E-state index in [1.54, 1.807) is 12.1 Å². The Kier molecular flexibility index (Phi) is 4.40. The van der Waals surface area contributed by atoms with E-state index >= 15 is 0 Å². The molecule has 0 bridgehead atoms. The molecule has 0 aromatic heterocycles. The summed E-state index contributed by atoms with van der Waals surface area (Å²) in [4.78, 5) is 12.3. The number of amides is 1. The molecular weight excluding hydrogens is 280 g/mol. The Morgan fingerprint density at radius 2 is 2.00 bits per heavy atom. The first-order valence-electron chi connectivity index (χ1n) is 6.48. The summed E-state index contributed by atoms with van der Waals surface area (Å²) in [6.45, 7) is 2.74. The van der Waals surface area contributed by atoms with Crippen LogP contribution in [-0.4, -0.2) is 32.2 Å². The fraction of sp³-hybridized carbons (Fsp3) is 0.500. The van der Waals surface area contributed by atoms with Gasteiger partial charge in [0.1, 0.15) is 0 Å². The van der Waals surface area contributed by atoms with Crippen molar-refractivity contribution in [3.63, 3.8) is 0 Å². The number of anilines is 1. The molecule has 1 fully saturated rings. The van der Waals surface area contributed by atoms with Gasteiger partial charge in [-0.1, -0.05) is 11.6 Å². The highest BCUT2D eigenvalue weighted by molar-refractivity contribution is 6.34. The molecule has 1 unspecified atom stereocenters. The highest BCUT2D eigenvalue weighted by atomic mass is 35.5. The zero-order valence-electron chi connectivity index (χ0n) is 11.9. The van der Waals surface area contributed by atoms with Crippen LogP contribution in [0.25, 0.3) is 0 Å². The van der Waals surface area contributed by atoms with E-state index in [0.717, 1.165) is 19.4 Å². The van der Waals surface area contributed by atoms with Crippen LogP contribution in [0, 0.1) is 0 Å². The number of halogens is 1. The van der Waals surface area contributed by atoms with Crippen LogP contribution >= 0.6 is 11.6 Å². The first kappa shape index (κ1) is 14.9. The molecule has 6 heteroatoms. The van der Waals surface area contributed by atoms with Gasteiger partial charge in [-0.05, 0) is 26.3 Å². The molecule has 5 nitrogen and oxygen atoms in total. The zero-order valence-corrected chi connectivity index (χ0v) is 12.6. The summed E-state index contributed by atoms with van der Waals surface area (Å²) in [5, 5.41) is 6.48. The molecule has 0 spiro atoms. The van der Waals surface area contributed by atoms with E-state index in [2.05, 4.69) is 10.6 Å². The van der Waals surface area contributed by atoms with Gasteiger partial charge in [0.25, 0.3) is 0 Å². The number of hydrogen-bond acceptors (Lipinski definition) is 4. The van der Waals surface area contributed by atoms with Gasteiger partial charge in [0.15, 0.2) is 11.5 Å². The molecule has 0 saturated carbocycles. The summed E-state index contributed by atoms with van der Waals surface area (Å²) in [7, 11) is 3.08. The van der Waals surface area contributed by atoms with Crippen LogP contribution in [0.4, 0.5) is 5.69 Å². The minimum atomic E-state index is -0.545. The van der Waals surface area contributed by atoms with Crippen LogP contribution in [0.1, 0.15) is 19.8 Å². The number of ether oxygens (including phenoxy) is 2. The summed E-state index contributed by atoms with van der Waals surface area (Å²) in [6, 6.07) is 3.29. The molecule has 1 heterocycles. The van der Waals surface area contributed by atoms with Gasteiger partial charge in [-0.15, -0.1) is 0 Å². The number of benzene rings is 1. The summed E-state index contributed by atoms with van der Waals surface area (Å²) in [6.07, 6.45) is 1.80. The highest BCUT2D eigenvalue weighted by Crippen LogP contribution is 2.36. The van der Waals surface area contributed by atoms with Crippen LogP contribution in [0.2, 0.25) is 5.02 Å². The zero-order chi connectivity index (χ0) is 14.8. The van der Waals surface area contributed by atoms with Gasteiger partial charge < -0.3 is 20.1 Å². The number of carbonyl (C=O) groups excluding carboxylic acids is 1. The van der Waals surface area contributed by atoms with Gasteiger partial charge in [-0.25, -0.2) is 0 Å². The van der Waals surface area contributed by atoms with Crippen molar-refractivity contribution in [2.75, 3.05) is 26.1 Å². The van der Waals surface area contributed by atoms with E-state index in [1.807, 2.05) is 6.92 Å². The molecule has 1 atom stereocenters. The molecule has 1 aromatic rings. The maximum absolute atomic E-state index is 12.3. The predicted octanol–water partition coefficient (Wildman–Crippen LogP) is 2.44. The predicted molar refractivity (Wildman–Crippen MR) is 78.8 cm³/mol. The summed E-state index contributed by atoms with van der Waals surface area (Å²) >= 11 is 6.16. The topological polar surface area (TPSA) is 59.6 Å². The molecule has 110 valence electrons. The molecule has 20 heavy (non-hydrogen) atoms. The van der Waals surface area contributed by atoms with E-state index in [1.165, 1.54) is 14.2 Å². The van der Waals surface area contributed by atoms with E-state index in [4.69, 9.17) is 21.1 Å². The smallest absolute Gasteiger partial charge is 0.244 e. The summed E-state index contributed by atoms with van der Waals surface area (Å²) < 4.78 is 10.4. The molecule has 0 radical (unpaired) electrons. The van der Waals surface area contributed by atoms with Crippen molar-refractivity contribution < 1.29 is 14.3 Å². The van der Waals surface area contributed by atoms with Crippen LogP contribution in [0.15, 0.2) is 12.1 Å². The Labute approximate surface area is 123 Å². The van der Waals surface area contributed by atoms with Gasteiger partial charge in [-0.2, -0.15) is 0 Å². The van der Waals surface area contributed by atoms with Crippen molar-refractivity contribution in [3.8, 4) is 11.5 Å². The van der Waals surface area contributed by atoms with Gasteiger partial charge in [0, 0.05) is 12.1 Å². The Bertz CT molecular complexity index is 513. The van der Waals surface area contributed by atoms with Gasteiger partial charge in [0.2, 0.25) is 5.91 Å². The Morgan fingerprint density at radius 3 is 2.55 bits per heavy atom. The first-order valence-corrected chi connectivity index (χ1v) is 6.86. The average molecular weight is 299 g/mol. The molecule has 1 aliphatic rings.